The van der Waals surface area contributed by atoms with Crippen molar-refractivity contribution in [2.45, 2.75) is 26.8 Å². The van der Waals surface area contributed by atoms with Crippen LogP contribution in [0, 0.1) is 6.92 Å². The van der Waals surface area contributed by atoms with Gasteiger partial charge in [-0.25, -0.2) is 0 Å². The third-order valence-corrected chi connectivity index (χ3v) is 4.38. The van der Waals surface area contributed by atoms with Crippen molar-refractivity contribution < 1.29 is 4.79 Å². The van der Waals surface area contributed by atoms with E-state index in [9.17, 15) is 4.79 Å². The fourth-order valence-corrected chi connectivity index (χ4v) is 2.83. The average molecular weight is 325 g/mol. The molecule has 0 saturated carbocycles. The fraction of sp³-hybridized carbons (Fsp3) is 0.533. The van der Waals surface area contributed by atoms with Gasteiger partial charge in [0.15, 0.2) is 0 Å². The van der Waals surface area contributed by atoms with Gasteiger partial charge in [-0.2, -0.15) is 0 Å². The molecule has 0 N–H and O–H groups in total. The first kappa shape index (κ1) is 14.5. The zero-order valence-corrected chi connectivity index (χ0v) is 13.4. The van der Waals surface area contributed by atoms with E-state index in [-0.39, 0.29) is 5.91 Å². The Bertz CT molecular complexity index is 465. The van der Waals surface area contributed by atoms with Crippen LogP contribution < -0.4 is 0 Å². The molecule has 0 spiro atoms. The standard InChI is InChI=1S/C15H21BrN2O/c1-11(2)17-6-8-18(9-7-17)15(19)13-10-12(3)4-5-14(13)16/h4-5,10-11H,6-9H2,1-3H3. The zero-order valence-electron chi connectivity index (χ0n) is 11.8. The lowest BCUT2D eigenvalue weighted by molar-refractivity contribution is 0.0594. The number of hydrogen-bond acceptors (Lipinski definition) is 2. The molecule has 1 aromatic carbocycles. The molecule has 1 aliphatic rings. The number of nitrogens with zero attached hydrogens (tertiary/aromatic N) is 2. The van der Waals surface area contributed by atoms with Crippen molar-refractivity contribution in [2.75, 3.05) is 26.2 Å². The van der Waals surface area contributed by atoms with Crippen LogP contribution in [-0.4, -0.2) is 47.9 Å². The van der Waals surface area contributed by atoms with E-state index in [2.05, 4.69) is 34.7 Å². The van der Waals surface area contributed by atoms with Crippen molar-refractivity contribution >= 4 is 21.8 Å². The van der Waals surface area contributed by atoms with Gasteiger partial charge < -0.3 is 4.90 Å². The summed E-state index contributed by atoms with van der Waals surface area (Å²) in [7, 11) is 0. The summed E-state index contributed by atoms with van der Waals surface area (Å²) in [5.41, 5.74) is 1.89. The highest BCUT2D eigenvalue weighted by atomic mass is 79.9. The average Bonchev–Trinajstić information content (AvgIpc) is 2.41. The molecule has 1 aromatic rings. The van der Waals surface area contributed by atoms with Crippen molar-refractivity contribution in [2.24, 2.45) is 0 Å². The zero-order chi connectivity index (χ0) is 14.0. The van der Waals surface area contributed by atoms with Crippen LogP contribution in [0.1, 0.15) is 29.8 Å². The lowest BCUT2D eigenvalue weighted by atomic mass is 10.1. The smallest absolute Gasteiger partial charge is 0.255 e. The molecule has 1 amide bonds. The molecule has 104 valence electrons. The first-order valence-corrected chi connectivity index (χ1v) is 7.58. The maximum Gasteiger partial charge on any atom is 0.255 e. The van der Waals surface area contributed by atoms with Gasteiger partial charge in [0.2, 0.25) is 0 Å². The minimum atomic E-state index is 0.138. The Morgan fingerprint density at radius 3 is 2.42 bits per heavy atom. The van der Waals surface area contributed by atoms with Crippen molar-refractivity contribution in [3.8, 4) is 0 Å². The molecule has 4 heteroatoms. The van der Waals surface area contributed by atoms with E-state index in [0.29, 0.717) is 6.04 Å². The first-order valence-electron chi connectivity index (χ1n) is 6.78. The van der Waals surface area contributed by atoms with Gasteiger partial charge in [-0.1, -0.05) is 11.6 Å². The molecular weight excluding hydrogens is 304 g/mol. The SMILES string of the molecule is Cc1ccc(Br)c(C(=O)N2CCN(C(C)C)CC2)c1. The van der Waals surface area contributed by atoms with Crippen LogP contribution in [0.4, 0.5) is 0 Å². The summed E-state index contributed by atoms with van der Waals surface area (Å²) in [6.07, 6.45) is 0. The third kappa shape index (κ3) is 3.37. The van der Waals surface area contributed by atoms with Crippen molar-refractivity contribution in [3.05, 3.63) is 33.8 Å². The summed E-state index contributed by atoms with van der Waals surface area (Å²) in [4.78, 5) is 16.9. The second-order valence-electron chi connectivity index (χ2n) is 5.41. The van der Waals surface area contributed by atoms with Crippen molar-refractivity contribution in [1.82, 2.24) is 9.80 Å². The predicted octanol–water partition coefficient (Wildman–Crippen LogP) is 2.92. The summed E-state index contributed by atoms with van der Waals surface area (Å²) in [5.74, 6) is 0.138. The number of halogens is 1. The molecule has 0 bridgehead atoms. The van der Waals surface area contributed by atoms with Gasteiger partial charge in [-0.3, -0.25) is 9.69 Å². The minimum absolute atomic E-state index is 0.138. The van der Waals surface area contributed by atoms with E-state index in [1.807, 2.05) is 30.0 Å². The van der Waals surface area contributed by atoms with Crippen molar-refractivity contribution in [1.29, 1.82) is 0 Å². The second kappa shape index (κ2) is 6.06. The summed E-state index contributed by atoms with van der Waals surface area (Å²) in [5, 5.41) is 0. The molecule has 3 nitrogen and oxygen atoms in total. The molecule has 0 atom stereocenters. The predicted molar refractivity (Wildman–Crippen MR) is 81.5 cm³/mol. The molecule has 0 unspecified atom stereocenters. The maximum absolute atomic E-state index is 12.5. The molecule has 19 heavy (non-hydrogen) atoms. The van der Waals surface area contributed by atoms with E-state index in [4.69, 9.17) is 0 Å². The number of carbonyl (C=O) groups is 1. The molecular formula is C15H21BrN2O. The monoisotopic (exact) mass is 324 g/mol. The second-order valence-corrected chi connectivity index (χ2v) is 6.26. The maximum atomic E-state index is 12.5. The van der Waals surface area contributed by atoms with E-state index in [1.165, 1.54) is 0 Å². The van der Waals surface area contributed by atoms with Gasteiger partial charge in [-0.15, -0.1) is 0 Å². The largest absolute Gasteiger partial charge is 0.336 e. The highest BCUT2D eigenvalue weighted by Crippen LogP contribution is 2.20. The van der Waals surface area contributed by atoms with Crippen LogP contribution in [-0.2, 0) is 0 Å². The van der Waals surface area contributed by atoms with Crippen LogP contribution in [0.2, 0.25) is 0 Å². The fourth-order valence-electron chi connectivity index (χ4n) is 2.41. The van der Waals surface area contributed by atoms with Gasteiger partial charge in [-0.05, 0) is 48.8 Å². The quantitative estimate of drug-likeness (QED) is 0.835. The van der Waals surface area contributed by atoms with Crippen molar-refractivity contribution in [3.63, 3.8) is 0 Å². The van der Waals surface area contributed by atoms with Gasteiger partial charge in [0.25, 0.3) is 5.91 Å². The van der Waals surface area contributed by atoms with Crippen LogP contribution >= 0.6 is 15.9 Å². The molecule has 0 aliphatic carbocycles. The number of benzene rings is 1. The first-order chi connectivity index (χ1) is 8.99. The number of aryl methyl sites for hydroxylation is 1. The number of piperazine rings is 1. The molecule has 1 saturated heterocycles. The summed E-state index contributed by atoms with van der Waals surface area (Å²) in [6, 6.07) is 6.48. The number of carbonyl (C=O) groups excluding carboxylic acids is 1. The molecule has 1 heterocycles. The van der Waals surface area contributed by atoms with E-state index >= 15 is 0 Å². The highest BCUT2D eigenvalue weighted by Gasteiger charge is 2.24. The summed E-state index contributed by atoms with van der Waals surface area (Å²) in [6.45, 7) is 9.98. The Morgan fingerprint density at radius 2 is 1.84 bits per heavy atom. The van der Waals surface area contributed by atoms with Crippen LogP contribution in [0.5, 0.6) is 0 Å². The van der Waals surface area contributed by atoms with Crippen LogP contribution in [0.25, 0.3) is 0 Å². The third-order valence-electron chi connectivity index (χ3n) is 3.68. The Hall–Kier alpha value is -0.870. The topological polar surface area (TPSA) is 23.6 Å². The van der Waals surface area contributed by atoms with E-state index in [0.717, 1.165) is 41.8 Å². The van der Waals surface area contributed by atoms with Crippen LogP contribution in [0.3, 0.4) is 0 Å². The molecule has 0 aromatic heterocycles. The van der Waals surface area contributed by atoms with E-state index < -0.39 is 0 Å². The minimum Gasteiger partial charge on any atom is -0.336 e. The Balaban J connectivity index is 2.07. The molecule has 2 rings (SSSR count). The Labute approximate surface area is 123 Å². The lowest BCUT2D eigenvalue weighted by Gasteiger charge is -2.37. The van der Waals surface area contributed by atoms with Gasteiger partial charge in [0.05, 0.1) is 5.56 Å². The molecule has 1 fully saturated rings. The van der Waals surface area contributed by atoms with E-state index in [1.54, 1.807) is 0 Å². The molecule has 0 radical (unpaired) electrons. The highest BCUT2D eigenvalue weighted by molar-refractivity contribution is 9.10. The number of hydrogen-bond donors (Lipinski definition) is 0. The number of rotatable bonds is 2. The van der Waals surface area contributed by atoms with Gasteiger partial charge in [0.1, 0.15) is 0 Å². The lowest BCUT2D eigenvalue weighted by Crippen LogP contribution is -2.50. The van der Waals surface area contributed by atoms with Crippen LogP contribution in [0.15, 0.2) is 22.7 Å². The van der Waals surface area contributed by atoms with Gasteiger partial charge >= 0.3 is 0 Å². The summed E-state index contributed by atoms with van der Waals surface area (Å²) >= 11 is 3.47. The Morgan fingerprint density at radius 1 is 1.21 bits per heavy atom. The normalized spacial score (nSPS) is 17.0. The summed E-state index contributed by atoms with van der Waals surface area (Å²) < 4.78 is 0.884. The Kier molecular flexibility index (Phi) is 4.63. The van der Waals surface area contributed by atoms with Gasteiger partial charge in [0, 0.05) is 36.7 Å². The molecule has 1 aliphatic heterocycles. The number of amides is 1.